The Hall–Kier alpha value is -3.15. The molecule has 0 N–H and O–H groups in total. The molecule has 0 fully saturated rings. The van der Waals surface area contributed by atoms with Crippen molar-refractivity contribution in [2.75, 3.05) is 11.5 Å². The topological polar surface area (TPSA) is 72.6 Å². The van der Waals surface area contributed by atoms with Crippen LogP contribution in [-0.2, 0) is 11.3 Å². The van der Waals surface area contributed by atoms with E-state index in [0.29, 0.717) is 34.9 Å². The number of anilines is 1. The van der Waals surface area contributed by atoms with Crippen molar-refractivity contribution in [3.8, 4) is 5.75 Å². The van der Waals surface area contributed by atoms with E-state index in [9.17, 15) is 9.59 Å². The van der Waals surface area contributed by atoms with Gasteiger partial charge in [-0.2, -0.15) is 0 Å². The van der Waals surface area contributed by atoms with E-state index in [1.807, 2.05) is 32.0 Å². The summed E-state index contributed by atoms with van der Waals surface area (Å²) in [6, 6.07) is 10.9. The third-order valence-electron chi connectivity index (χ3n) is 4.43. The van der Waals surface area contributed by atoms with Crippen molar-refractivity contribution in [1.82, 2.24) is 4.98 Å². The summed E-state index contributed by atoms with van der Waals surface area (Å²) in [5.74, 6) is 0.836. The SMILES string of the molecule is CCC(=O)c1ccc2c(c1)N(Cc1nc3ccc(C)cc3o1)C(=O)CO2. The zero-order valence-corrected chi connectivity index (χ0v) is 14.6. The second-order valence-electron chi connectivity index (χ2n) is 6.31. The van der Waals surface area contributed by atoms with E-state index in [4.69, 9.17) is 9.15 Å². The minimum absolute atomic E-state index is 0.0168. The molecule has 2 heterocycles. The molecule has 1 amide bonds. The van der Waals surface area contributed by atoms with Crippen molar-refractivity contribution in [2.45, 2.75) is 26.8 Å². The van der Waals surface area contributed by atoms with Crippen molar-refractivity contribution < 1.29 is 18.7 Å². The van der Waals surface area contributed by atoms with Gasteiger partial charge in [0.25, 0.3) is 5.91 Å². The van der Waals surface area contributed by atoms with Gasteiger partial charge < -0.3 is 9.15 Å². The van der Waals surface area contributed by atoms with Crippen molar-refractivity contribution in [1.29, 1.82) is 0 Å². The fourth-order valence-electron chi connectivity index (χ4n) is 3.04. The molecule has 1 aromatic heterocycles. The molecule has 0 spiro atoms. The van der Waals surface area contributed by atoms with Crippen molar-refractivity contribution in [3.63, 3.8) is 0 Å². The number of hydrogen-bond acceptors (Lipinski definition) is 5. The largest absolute Gasteiger partial charge is 0.482 e. The minimum Gasteiger partial charge on any atom is -0.482 e. The monoisotopic (exact) mass is 350 g/mol. The van der Waals surface area contributed by atoms with E-state index in [-0.39, 0.29) is 24.8 Å². The molecule has 0 radical (unpaired) electrons. The van der Waals surface area contributed by atoms with Crippen LogP contribution in [0.5, 0.6) is 5.75 Å². The van der Waals surface area contributed by atoms with Crippen molar-refractivity contribution >= 4 is 28.5 Å². The maximum absolute atomic E-state index is 12.4. The van der Waals surface area contributed by atoms with E-state index < -0.39 is 0 Å². The summed E-state index contributed by atoms with van der Waals surface area (Å²) >= 11 is 0. The molecule has 0 aliphatic carbocycles. The number of hydrogen-bond donors (Lipinski definition) is 0. The Morgan fingerprint density at radius 1 is 1.23 bits per heavy atom. The van der Waals surface area contributed by atoms with E-state index in [1.165, 1.54) is 0 Å². The number of carbonyl (C=O) groups is 2. The standard InChI is InChI=1S/C20H18N2O4/c1-3-16(23)13-5-7-17-15(9-13)22(20(24)11-25-17)10-19-21-14-6-4-12(2)8-18(14)26-19/h4-9H,3,10-11H2,1-2H3. The third kappa shape index (κ3) is 2.83. The molecule has 3 aromatic rings. The van der Waals surface area contributed by atoms with Crippen LogP contribution in [0.3, 0.4) is 0 Å². The molecule has 1 aliphatic heterocycles. The zero-order valence-electron chi connectivity index (χ0n) is 14.6. The summed E-state index contributed by atoms with van der Waals surface area (Å²) in [6.07, 6.45) is 0.401. The van der Waals surface area contributed by atoms with Crippen molar-refractivity contribution in [2.24, 2.45) is 0 Å². The molecule has 4 rings (SSSR count). The number of carbonyl (C=O) groups excluding carboxylic acids is 2. The quantitative estimate of drug-likeness (QED) is 0.672. The Labute approximate surface area is 150 Å². The molecular weight excluding hydrogens is 332 g/mol. The van der Waals surface area contributed by atoms with Gasteiger partial charge in [-0.3, -0.25) is 14.5 Å². The lowest BCUT2D eigenvalue weighted by atomic mass is 10.1. The van der Waals surface area contributed by atoms with Crippen LogP contribution in [0.25, 0.3) is 11.1 Å². The van der Waals surface area contributed by atoms with E-state index in [1.54, 1.807) is 23.1 Å². The highest BCUT2D eigenvalue weighted by atomic mass is 16.5. The molecule has 1 aliphatic rings. The second-order valence-corrected chi connectivity index (χ2v) is 6.31. The molecule has 0 atom stereocenters. The number of rotatable bonds is 4. The van der Waals surface area contributed by atoms with E-state index in [0.717, 1.165) is 11.1 Å². The third-order valence-corrected chi connectivity index (χ3v) is 4.43. The Kier molecular flexibility index (Phi) is 3.95. The molecule has 0 saturated heterocycles. The van der Waals surface area contributed by atoms with Gasteiger partial charge >= 0.3 is 0 Å². The maximum Gasteiger partial charge on any atom is 0.265 e. The molecular formula is C20H18N2O4. The summed E-state index contributed by atoms with van der Waals surface area (Å²) in [5.41, 5.74) is 3.65. The lowest BCUT2D eigenvalue weighted by Crippen LogP contribution is -2.38. The first kappa shape index (κ1) is 16.3. The normalized spacial score (nSPS) is 13.6. The number of nitrogens with zero attached hydrogens (tertiary/aromatic N) is 2. The van der Waals surface area contributed by atoms with Crippen LogP contribution < -0.4 is 9.64 Å². The van der Waals surface area contributed by atoms with Crippen LogP contribution in [0, 0.1) is 6.92 Å². The number of ketones is 1. The highest BCUT2D eigenvalue weighted by Gasteiger charge is 2.28. The van der Waals surface area contributed by atoms with E-state index >= 15 is 0 Å². The minimum atomic E-state index is -0.197. The fraction of sp³-hybridized carbons (Fsp3) is 0.250. The number of amides is 1. The molecule has 2 aromatic carbocycles. The number of ether oxygens (including phenoxy) is 1. The van der Waals surface area contributed by atoms with Gasteiger partial charge in [0.2, 0.25) is 5.89 Å². The average molecular weight is 350 g/mol. The summed E-state index contributed by atoms with van der Waals surface area (Å²) in [4.78, 5) is 30.5. The first-order valence-electron chi connectivity index (χ1n) is 8.51. The molecule has 0 unspecified atom stereocenters. The summed E-state index contributed by atoms with van der Waals surface area (Å²) in [5, 5.41) is 0. The molecule has 132 valence electrons. The van der Waals surface area contributed by atoms with Gasteiger partial charge in [-0.15, -0.1) is 0 Å². The predicted molar refractivity (Wildman–Crippen MR) is 96.5 cm³/mol. The Morgan fingerprint density at radius 2 is 2.08 bits per heavy atom. The average Bonchev–Trinajstić information content (AvgIpc) is 3.04. The van der Waals surface area contributed by atoms with Crippen LogP contribution >= 0.6 is 0 Å². The number of aryl methyl sites for hydroxylation is 1. The first-order chi connectivity index (χ1) is 12.5. The fourth-order valence-corrected chi connectivity index (χ4v) is 3.04. The number of aromatic nitrogens is 1. The summed E-state index contributed by atoms with van der Waals surface area (Å²) in [6.45, 7) is 3.93. The highest BCUT2D eigenvalue weighted by molar-refractivity contribution is 6.01. The van der Waals surface area contributed by atoms with Gasteiger partial charge in [-0.1, -0.05) is 13.0 Å². The van der Waals surface area contributed by atoms with Gasteiger partial charge in [-0.25, -0.2) is 4.98 Å². The van der Waals surface area contributed by atoms with Gasteiger partial charge in [0.1, 0.15) is 17.8 Å². The number of benzene rings is 2. The smallest absolute Gasteiger partial charge is 0.265 e. The van der Waals surface area contributed by atoms with Crippen LogP contribution in [0.2, 0.25) is 0 Å². The Morgan fingerprint density at radius 3 is 2.88 bits per heavy atom. The zero-order chi connectivity index (χ0) is 18.3. The molecule has 6 heteroatoms. The summed E-state index contributed by atoms with van der Waals surface area (Å²) in [7, 11) is 0. The molecule has 0 bridgehead atoms. The maximum atomic E-state index is 12.4. The van der Waals surface area contributed by atoms with Gasteiger partial charge in [0.05, 0.1) is 5.69 Å². The number of Topliss-reactive ketones (excluding diaryl/α,β-unsaturated/α-hetero) is 1. The van der Waals surface area contributed by atoms with Crippen LogP contribution in [0.1, 0.15) is 35.2 Å². The lowest BCUT2D eigenvalue weighted by Gasteiger charge is -2.28. The van der Waals surface area contributed by atoms with Gasteiger partial charge in [0.15, 0.2) is 18.0 Å². The van der Waals surface area contributed by atoms with Gasteiger partial charge in [-0.05, 0) is 42.8 Å². The lowest BCUT2D eigenvalue weighted by molar-refractivity contribution is -0.121. The first-order valence-corrected chi connectivity index (χ1v) is 8.51. The number of oxazole rings is 1. The number of fused-ring (bicyclic) bond motifs is 2. The van der Waals surface area contributed by atoms with Gasteiger partial charge in [0, 0.05) is 12.0 Å². The highest BCUT2D eigenvalue weighted by Crippen LogP contribution is 2.34. The van der Waals surface area contributed by atoms with Crippen LogP contribution in [0.15, 0.2) is 40.8 Å². The van der Waals surface area contributed by atoms with Crippen molar-refractivity contribution in [3.05, 3.63) is 53.4 Å². The molecule has 6 nitrogen and oxygen atoms in total. The summed E-state index contributed by atoms with van der Waals surface area (Å²) < 4.78 is 11.3. The Bertz CT molecular complexity index is 1020. The molecule has 26 heavy (non-hydrogen) atoms. The predicted octanol–water partition coefficient (Wildman–Crippen LogP) is 3.65. The van der Waals surface area contributed by atoms with Crippen LogP contribution in [-0.4, -0.2) is 23.3 Å². The molecule has 0 saturated carbocycles. The Balaban J connectivity index is 1.71. The van der Waals surface area contributed by atoms with Crippen LogP contribution in [0.4, 0.5) is 5.69 Å². The second kappa shape index (κ2) is 6.29. The van der Waals surface area contributed by atoms with E-state index in [2.05, 4.69) is 4.98 Å².